The summed E-state index contributed by atoms with van der Waals surface area (Å²) in [6.07, 6.45) is 3.19. The maximum atomic E-state index is 12.2. The number of carbonyl (C=O) groups excluding carboxylic acids is 2. The molecule has 4 heteroatoms. The van der Waals surface area contributed by atoms with Crippen LogP contribution >= 0.6 is 0 Å². The molecule has 0 bridgehead atoms. The van der Waals surface area contributed by atoms with E-state index in [1.165, 1.54) is 0 Å². The van der Waals surface area contributed by atoms with Gasteiger partial charge in [0.2, 0.25) is 5.91 Å². The minimum Gasteiger partial charge on any atom is -0.353 e. The molecule has 2 N–H and O–H groups in total. The van der Waals surface area contributed by atoms with Crippen molar-refractivity contribution in [2.75, 3.05) is 0 Å². The molecule has 0 spiro atoms. The van der Waals surface area contributed by atoms with Crippen molar-refractivity contribution < 1.29 is 9.59 Å². The summed E-state index contributed by atoms with van der Waals surface area (Å²) in [5, 5.41) is 6.06. The lowest BCUT2D eigenvalue weighted by Crippen LogP contribution is -2.37. The van der Waals surface area contributed by atoms with E-state index in [4.69, 9.17) is 0 Å². The van der Waals surface area contributed by atoms with E-state index in [1.807, 2.05) is 38.1 Å². The fourth-order valence-corrected chi connectivity index (χ4v) is 2.66. The lowest BCUT2D eigenvalue weighted by atomic mass is 10.1. The minimum atomic E-state index is -0.0180. The lowest BCUT2D eigenvalue weighted by molar-refractivity contribution is -0.121. The fourth-order valence-electron chi connectivity index (χ4n) is 2.66. The number of nitrogens with one attached hydrogen (secondary N) is 2. The first kappa shape index (κ1) is 14.6. The quantitative estimate of drug-likeness (QED) is 0.884. The third kappa shape index (κ3) is 3.59. The number of hydrogen-bond donors (Lipinski definition) is 2. The lowest BCUT2D eigenvalue weighted by Gasteiger charge is -2.15. The van der Waals surface area contributed by atoms with Crippen LogP contribution in [-0.2, 0) is 4.79 Å². The molecular formula is C16H22N2O2. The predicted molar refractivity (Wildman–Crippen MR) is 78.5 cm³/mol. The third-order valence-electron chi connectivity index (χ3n) is 3.84. The highest BCUT2D eigenvalue weighted by molar-refractivity contribution is 5.95. The van der Waals surface area contributed by atoms with Crippen molar-refractivity contribution in [1.29, 1.82) is 0 Å². The number of aryl methyl sites for hydroxylation is 1. The third-order valence-corrected chi connectivity index (χ3v) is 3.84. The highest BCUT2D eigenvalue weighted by Gasteiger charge is 2.27. The Morgan fingerprint density at radius 2 is 1.80 bits per heavy atom. The van der Waals surface area contributed by atoms with Gasteiger partial charge in [0.1, 0.15) is 0 Å². The Morgan fingerprint density at radius 1 is 1.15 bits per heavy atom. The van der Waals surface area contributed by atoms with Gasteiger partial charge in [-0.25, -0.2) is 0 Å². The highest BCUT2D eigenvalue weighted by Crippen LogP contribution is 2.20. The van der Waals surface area contributed by atoms with Crippen LogP contribution in [0, 0.1) is 6.92 Å². The van der Waals surface area contributed by atoms with Crippen LogP contribution in [0.15, 0.2) is 24.3 Å². The minimum absolute atomic E-state index is 0.0180. The Bertz CT molecular complexity index is 499. The van der Waals surface area contributed by atoms with Crippen LogP contribution in [0.2, 0.25) is 0 Å². The van der Waals surface area contributed by atoms with Crippen LogP contribution in [0.4, 0.5) is 0 Å². The molecule has 2 rings (SSSR count). The summed E-state index contributed by atoms with van der Waals surface area (Å²) in [7, 11) is 0. The van der Waals surface area contributed by atoms with E-state index in [1.54, 1.807) is 0 Å². The zero-order chi connectivity index (χ0) is 14.5. The van der Waals surface area contributed by atoms with Gasteiger partial charge in [0.25, 0.3) is 5.91 Å². The Kier molecular flexibility index (Phi) is 4.77. The summed E-state index contributed by atoms with van der Waals surface area (Å²) in [5.41, 5.74) is 1.72. The van der Waals surface area contributed by atoms with Crippen molar-refractivity contribution in [2.45, 2.75) is 51.6 Å². The molecule has 0 saturated heterocycles. The van der Waals surface area contributed by atoms with Gasteiger partial charge in [0.15, 0.2) is 0 Å². The molecule has 108 valence electrons. The SMILES string of the molecule is CCC(=O)N[C@H]1CC[C@@H](NC(=O)c2ccccc2C)C1. The molecule has 1 saturated carbocycles. The van der Waals surface area contributed by atoms with Gasteiger partial charge in [-0.1, -0.05) is 25.1 Å². The predicted octanol–water partition coefficient (Wildman–Crippen LogP) is 2.17. The van der Waals surface area contributed by atoms with Gasteiger partial charge in [-0.2, -0.15) is 0 Å². The number of amides is 2. The van der Waals surface area contributed by atoms with Crippen LogP contribution in [0.3, 0.4) is 0 Å². The van der Waals surface area contributed by atoms with E-state index in [2.05, 4.69) is 10.6 Å². The molecule has 1 aliphatic carbocycles. The van der Waals surface area contributed by atoms with E-state index in [0.29, 0.717) is 6.42 Å². The number of benzene rings is 1. The Hall–Kier alpha value is -1.84. The number of hydrogen-bond acceptors (Lipinski definition) is 2. The van der Waals surface area contributed by atoms with Crippen molar-refractivity contribution in [2.24, 2.45) is 0 Å². The molecule has 1 aromatic rings. The van der Waals surface area contributed by atoms with Crippen LogP contribution in [0.25, 0.3) is 0 Å². The summed E-state index contributed by atoms with van der Waals surface area (Å²) >= 11 is 0. The van der Waals surface area contributed by atoms with Gasteiger partial charge in [-0.05, 0) is 37.8 Å². The van der Waals surface area contributed by atoms with Crippen LogP contribution in [-0.4, -0.2) is 23.9 Å². The van der Waals surface area contributed by atoms with Gasteiger partial charge in [0.05, 0.1) is 0 Å². The average molecular weight is 274 g/mol. The first-order chi connectivity index (χ1) is 9.60. The van der Waals surface area contributed by atoms with Crippen LogP contribution in [0.5, 0.6) is 0 Å². The zero-order valence-electron chi connectivity index (χ0n) is 12.1. The van der Waals surface area contributed by atoms with Crippen molar-refractivity contribution in [3.63, 3.8) is 0 Å². The van der Waals surface area contributed by atoms with Gasteiger partial charge in [-0.3, -0.25) is 9.59 Å². The number of carbonyl (C=O) groups is 2. The van der Waals surface area contributed by atoms with Gasteiger partial charge in [0, 0.05) is 24.1 Å². The zero-order valence-corrected chi connectivity index (χ0v) is 12.1. The maximum Gasteiger partial charge on any atom is 0.251 e. The second kappa shape index (κ2) is 6.55. The average Bonchev–Trinajstić information content (AvgIpc) is 2.86. The second-order valence-electron chi connectivity index (χ2n) is 5.42. The molecule has 0 aliphatic heterocycles. The molecule has 2 atom stereocenters. The molecule has 1 aliphatic rings. The van der Waals surface area contributed by atoms with E-state index < -0.39 is 0 Å². The van der Waals surface area contributed by atoms with Gasteiger partial charge >= 0.3 is 0 Å². The molecule has 1 aromatic carbocycles. The van der Waals surface area contributed by atoms with Crippen molar-refractivity contribution in [3.05, 3.63) is 35.4 Å². The molecule has 0 unspecified atom stereocenters. The van der Waals surface area contributed by atoms with Crippen LogP contribution < -0.4 is 10.6 Å². The molecular weight excluding hydrogens is 252 g/mol. The molecule has 0 radical (unpaired) electrons. The molecule has 0 aromatic heterocycles. The molecule has 20 heavy (non-hydrogen) atoms. The van der Waals surface area contributed by atoms with Crippen molar-refractivity contribution >= 4 is 11.8 Å². The largest absolute Gasteiger partial charge is 0.353 e. The fraction of sp³-hybridized carbons (Fsp3) is 0.500. The Morgan fingerprint density at radius 3 is 2.45 bits per heavy atom. The standard InChI is InChI=1S/C16H22N2O2/c1-3-15(19)17-12-8-9-13(10-12)18-16(20)14-7-5-4-6-11(14)2/h4-7,12-13H,3,8-10H2,1-2H3,(H,17,19)(H,18,20)/t12-,13+/m0/s1. The van der Waals surface area contributed by atoms with Gasteiger partial charge in [-0.15, -0.1) is 0 Å². The second-order valence-corrected chi connectivity index (χ2v) is 5.42. The smallest absolute Gasteiger partial charge is 0.251 e. The van der Waals surface area contributed by atoms with Crippen molar-refractivity contribution in [1.82, 2.24) is 10.6 Å². The first-order valence-corrected chi connectivity index (χ1v) is 7.26. The van der Waals surface area contributed by atoms with E-state index in [0.717, 1.165) is 30.4 Å². The van der Waals surface area contributed by atoms with Crippen molar-refractivity contribution in [3.8, 4) is 0 Å². The summed E-state index contributed by atoms with van der Waals surface area (Å²) < 4.78 is 0. The number of rotatable bonds is 4. The highest BCUT2D eigenvalue weighted by atomic mass is 16.2. The van der Waals surface area contributed by atoms with E-state index in [9.17, 15) is 9.59 Å². The molecule has 0 heterocycles. The summed E-state index contributed by atoms with van der Waals surface area (Å²) in [4.78, 5) is 23.6. The van der Waals surface area contributed by atoms with Gasteiger partial charge < -0.3 is 10.6 Å². The Balaban J connectivity index is 1.88. The van der Waals surface area contributed by atoms with E-state index >= 15 is 0 Å². The van der Waals surface area contributed by atoms with E-state index in [-0.39, 0.29) is 23.9 Å². The summed E-state index contributed by atoms with van der Waals surface area (Å²) in [6.45, 7) is 3.79. The summed E-state index contributed by atoms with van der Waals surface area (Å²) in [5.74, 6) is 0.0662. The van der Waals surface area contributed by atoms with Crippen LogP contribution in [0.1, 0.15) is 48.5 Å². The Labute approximate surface area is 119 Å². The normalized spacial score (nSPS) is 21.5. The first-order valence-electron chi connectivity index (χ1n) is 7.26. The molecule has 2 amide bonds. The molecule has 1 fully saturated rings. The topological polar surface area (TPSA) is 58.2 Å². The monoisotopic (exact) mass is 274 g/mol. The maximum absolute atomic E-state index is 12.2. The summed E-state index contributed by atoms with van der Waals surface area (Å²) in [6, 6.07) is 7.94. The molecule has 4 nitrogen and oxygen atoms in total.